The molecular weight excluding hydrogens is 325 g/mol. The average Bonchev–Trinajstić information content (AvgIpc) is 3.05. The van der Waals surface area contributed by atoms with Crippen molar-refractivity contribution < 1.29 is 9.18 Å². The summed E-state index contributed by atoms with van der Waals surface area (Å²) in [5.74, 6) is -0.524. The Hall–Kier alpha value is -2.86. The van der Waals surface area contributed by atoms with Crippen molar-refractivity contribution in [1.29, 1.82) is 0 Å². The summed E-state index contributed by atoms with van der Waals surface area (Å²) < 4.78 is 12.9. The minimum Gasteiger partial charge on any atom is -0.273 e. The molecule has 3 aromatic rings. The number of aromatic nitrogens is 1. The van der Waals surface area contributed by atoms with E-state index in [2.05, 4.69) is 15.5 Å². The van der Waals surface area contributed by atoms with Crippen molar-refractivity contribution in [2.75, 3.05) is 0 Å². The van der Waals surface area contributed by atoms with Gasteiger partial charge in [-0.2, -0.15) is 5.10 Å². The molecule has 1 heterocycles. The number of thiazole rings is 1. The van der Waals surface area contributed by atoms with Crippen molar-refractivity contribution in [2.45, 2.75) is 6.42 Å². The van der Waals surface area contributed by atoms with Gasteiger partial charge in [-0.25, -0.2) is 14.8 Å². The second-order valence-corrected chi connectivity index (χ2v) is 5.89. The molecule has 2 aromatic carbocycles. The largest absolute Gasteiger partial charge is 0.273 e. The zero-order valence-electron chi connectivity index (χ0n) is 12.6. The molecule has 24 heavy (non-hydrogen) atoms. The van der Waals surface area contributed by atoms with E-state index in [-0.39, 0.29) is 18.1 Å². The lowest BCUT2D eigenvalue weighted by atomic mass is 10.2. The Morgan fingerprint density at radius 1 is 1.17 bits per heavy atom. The Balaban J connectivity index is 1.57. The van der Waals surface area contributed by atoms with Crippen LogP contribution in [0.25, 0.3) is 10.6 Å². The molecule has 1 aromatic heterocycles. The number of carbonyl (C=O) groups is 1. The first-order chi connectivity index (χ1) is 11.7. The van der Waals surface area contributed by atoms with E-state index < -0.39 is 0 Å². The Bertz CT molecular complexity index is 844. The normalized spacial score (nSPS) is 10.9. The van der Waals surface area contributed by atoms with E-state index in [4.69, 9.17) is 0 Å². The zero-order valence-corrected chi connectivity index (χ0v) is 13.5. The second-order valence-electron chi connectivity index (χ2n) is 5.03. The minimum absolute atomic E-state index is 0.143. The summed E-state index contributed by atoms with van der Waals surface area (Å²) in [4.78, 5) is 16.3. The number of halogens is 1. The number of nitrogens with one attached hydrogen (secondary N) is 1. The first-order valence-corrected chi connectivity index (χ1v) is 8.16. The van der Waals surface area contributed by atoms with Gasteiger partial charge in [0.25, 0.3) is 0 Å². The number of benzene rings is 2. The number of hydrogen-bond donors (Lipinski definition) is 1. The van der Waals surface area contributed by atoms with Crippen LogP contribution in [0.4, 0.5) is 4.39 Å². The van der Waals surface area contributed by atoms with Crippen LogP contribution in [-0.4, -0.2) is 17.1 Å². The van der Waals surface area contributed by atoms with Crippen LogP contribution < -0.4 is 5.43 Å². The maximum atomic E-state index is 12.9. The molecule has 0 unspecified atom stereocenters. The highest BCUT2D eigenvalue weighted by atomic mass is 32.1. The van der Waals surface area contributed by atoms with E-state index in [0.29, 0.717) is 5.69 Å². The van der Waals surface area contributed by atoms with Crippen LogP contribution in [0.5, 0.6) is 0 Å². The Kier molecular flexibility index (Phi) is 5.08. The van der Waals surface area contributed by atoms with Crippen LogP contribution in [0.2, 0.25) is 0 Å². The quantitative estimate of drug-likeness (QED) is 0.570. The predicted molar refractivity (Wildman–Crippen MR) is 93.4 cm³/mol. The van der Waals surface area contributed by atoms with E-state index in [1.54, 1.807) is 18.3 Å². The van der Waals surface area contributed by atoms with Crippen LogP contribution in [-0.2, 0) is 11.2 Å². The van der Waals surface area contributed by atoms with Gasteiger partial charge in [0.05, 0.1) is 18.3 Å². The molecule has 0 aliphatic rings. The van der Waals surface area contributed by atoms with Crippen LogP contribution in [0, 0.1) is 5.82 Å². The SMILES string of the molecule is O=C(Cc1csc(-c2ccc(F)cc2)n1)N/N=C\c1ccccc1. The van der Waals surface area contributed by atoms with Crippen LogP contribution in [0.15, 0.2) is 65.1 Å². The van der Waals surface area contributed by atoms with Crippen molar-refractivity contribution >= 4 is 23.5 Å². The van der Waals surface area contributed by atoms with Gasteiger partial charge in [-0.1, -0.05) is 30.3 Å². The number of amides is 1. The Labute approximate surface area is 142 Å². The topological polar surface area (TPSA) is 54.4 Å². The second kappa shape index (κ2) is 7.61. The van der Waals surface area contributed by atoms with E-state index in [0.717, 1.165) is 16.1 Å². The average molecular weight is 339 g/mol. The summed E-state index contributed by atoms with van der Waals surface area (Å²) >= 11 is 1.42. The molecule has 4 nitrogen and oxygen atoms in total. The number of nitrogens with zero attached hydrogens (tertiary/aromatic N) is 2. The van der Waals surface area contributed by atoms with Gasteiger partial charge in [0.15, 0.2) is 0 Å². The lowest BCUT2D eigenvalue weighted by molar-refractivity contribution is -0.120. The molecular formula is C18H14FN3OS. The molecule has 6 heteroatoms. The first-order valence-electron chi connectivity index (χ1n) is 7.28. The lowest BCUT2D eigenvalue weighted by Gasteiger charge is -1.98. The number of carbonyl (C=O) groups excluding carboxylic acids is 1. The maximum Gasteiger partial charge on any atom is 0.246 e. The molecule has 0 saturated carbocycles. The molecule has 0 bridgehead atoms. The summed E-state index contributed by atoms with van der Waals surface area (Å²) in [6.45, 7) is 0. The third-order valence-electron chi connectivity index (χ3n) is 3.19. The molecule has 0 spiro atoms. The minimum atomic E-state index is -0.286. The van der Waals surface area contributed by atoms with Crippen molar-refractivity contribution in [3.63, 3.8) is 0 Å². The van der Waals surface area contributed by atoms with Crippen molar-refractivity contribution in [3.8, 4) is 10.6 Å². The fourth-order valence-corrected chi connectivity index (χ4v) is 2.86. The lowest BCUT2D eigenvalue weighted by Crippen LogP contribution is -2.19. The van der Waals surface area contributed by atoms with Crippen LogP contribution in [0.1, 0.15) is 11.3 Å². The standard InChI is InChI=1S/C18H14FN3OS/c19-15-8-6-14(7-9-15)18-21-16(12-24-18)10-17(23)22-20-11-13-4-2-1-3-5-13/h1-9,11-12H,10H2,(H,22,23)/b20-11-. The van der Waals surface area contributed by atoms with Gasteiger partial charge >= 0.3 is 0 Å². The highest BCUT2D eigenvalue weighted by Crippen LogP contribution is 2.24. The number of hydrogen-bond acceptors (Lipinski definition) is 4. The third-order valence-corrected chi connectivity index (χ3v) is 4.13. The molecule has 0 fully saturated rings. The molecule has 0 aliphatic carbocycles. The van der Waals surface area contributed by atoms with Gasteiger partial charge in [0, 0.05) is 10.9 Å². The summed E-state index contributed by atoms with van der Waals surface area (Å²) in [5, 5.41) is 6.50. The Morgan fingerprint density at radius 2 is 1.92 bits per heavy atom. The van der Waals surface area contributed by atoms with Crippen molar-refractivity contribution in [3.05, 3.63) is 77.1 Å². The van der Waals surface area contributed by atoms with Gasteiger partial charge in [0.2, 0.25) is 5.91 Å². The summed E-state index contributed by atoms with van der Waals surface area (Å²) in [6.07, 6.45) is 1.73. The summed E-state index contributed by atoms with van der Waals surface area (Å²) in [5.41, 5.74) is 4.88. The van der Waals surface area contributed by atoms with Gasteiger partial charge in [0.1, 0.15) is 10.8 Å². The summed E-state index contributed by atoms with van der Waals surface area (Å²) in [7, 11) is 0. The predicted octanol–water partition coefficient (Wildman–Crippen LogP) is 3.64. The molecule has 120 valence electrons. The number of rotatable bonds is 5. The van der Waals surface area contributed by atoms with Crippen molar-refractivity contribution in [2.24, 2.45) is 5.10 Å². The molecule has 0 aliphatic heterocycles. The van der Waals surface area contributed by atoms with Crippen LogP contribution in [0.3, 0.4) is 0 Å². The highest BCUT2D eigenvalue weighted by molar-refractivity contribution is 7.13. The fraction of sp³-hybridized carbons (Fsp3) is 0.0556. The smallest absolute Gasteiger partial charge is 0.246 e. The molecule has 3 rings (SSSR count). The van der Waals surface area contributed by atoms with Crippen molar-refractivity contribution in [1.82, 2.24) is 10.4 Å². The monoisotopic (exact) mass is 339 g/mol. The maximum absolute atomic E-state index is 12.9. The molecule has 1 N–H and O–H groups in total. The first kappa shape index (κ1) is 16.0. The van der Waals surface area contributed by atoms with E-state index in [9.17, 15) is 9.18 Å². The van der Waals surface area contributed by atoms with Gasteiger partial charge in [-0.15, -0.1) is 11.3 Å². The van der Waals surface area contributed by atoms with Gasteiger partial charge in [-0.05, 0) is 29.8 Å². The van der Waals surface area contributed by atoms with Gasteiger partial charge in [-0.3, -0.25) is 4.79 Å². The third kappa shape index (κ3) is 4.33. The van der Waals surface area contributed by atoms with E-state index in [1.807, 2.05) is 35.7 Å². The fourth-order valence-electron chi connectivity index (χ4n) is 2.04. The molecule has 0 atom stereocenters. The molecule has 0 saturated heterocycles. The number of hydrazone groups is 1. The van der Waals surface area contributed by atoms with E-state index >= 15 is 0 Å². The molecule has 1 amide bonds. The highest BCUT2D eigenvalue weighted by Gasteiger charge is 2.08. The van der Waals surface area contributed by atoms with Gasteiger partial charge < -0.3 is 0 Å². The van der Waals surface area contributed by atoms with Crippen LogP contribution >= 0.6 is 11.3 Å². The summed E-state index contributed by atoms with van der Waals surface area (Å²) in [6, 6.07) is 15.6. The zero-order chi connectivity index (χ0) is 16.8. The molecule has 0 radical (unpaired) electrons. The van der Waals surface area contributed by atoms with E-state index in [1.165, 1.54) is 23.5 Å². The Morgan fingerprint density at radius 3 is 2.67 bits per heavy atom.